The van der Waals surface area contributed by atoms with Gasteiger partial charge in [0.2, 0.25) is 4.73 Å². The quantitative estimate of drug-likeness (QED) is 0.632. The van der Waals surface area contributed by atoms with Gasteiger partial charge in [0.1, 0.15) is 6.33 Å². The third-order valence-corrected chi connectivity index (χ3v) is 1.69. The Morgan fingerprint density at radius 3 is 3.10 bits per heavy atom. The van der Waals surface area contributed by atoms with Gasteiger partial charge in [-0.25, -0.2) is 9.97 Å². The number of rotatable bonds is 0. The maximum atomic E-state index is 3.96. The highest BCUT2D eigenvalue weighted by atomic mass is 79.9. The maximum Gasteiger partial charge on any atom is 0.201 e. The molecule has 0 saturated carbocycles. The fourth-order valence-electron chi connectivity index (χ4n) is 0.727. The monoisotopic (exact) mass is 198 g/mol. The number of halogens is 1. The molecule has 10 heavy (non-hydrogen) atoms. The van der Waals surface area contributed by atoms with Crippen LogP contribution in [0.1, 0.15) is 0 Å². The Labute approximate surface area is 65.0 Å². The number of nitrogens with zero attached hydrogens (tertiary/aromatic N) is 4. The summed E-state index contributed by atoms with van der Waals surface area (Å²) in [5.74, 6) is 0. The zero-order valence-corrected chi connectivity index (χ0v) is 6.48. The van der Waals surface area contributed by atoms with Crippen LogP contribution in [0, 0.1) is 0 Å². The molecule has 2 aromatic rings. The summed E-state index contributed by atoms with van der Waals surface area (Å²) < 4.78 is 2.28. The average Bonchev–Trinajstić information content (AvgIpc) is 2.36. The summed E-state index contributed by atoms with van der Waals surface area (Å²) in [4.78, 5) is 7.85. The van der Waals surface area contributed by atoms with Crippen LogP contribution in [0.15, 0.2) is 23.3 Å². The number of hydrogen-bond donors (Lipinski definition) is 0. The fraction of sp³-hybridized carbons (Fsp3) is 0. The molecule has 0 atom stereocenters. The van der Waals surface area contributed by atoms with Gasteiger partial charge in [-0.2, -0.15) is 9.61 Å². The van der Waals surface area contributed by atoms with Crippen LogP contribution in [0.25, 0.3) is 5.65 Å². The predicted molar refractivity (Wildman–Crippen MR) is 38.5 cm³/mol. The summed E-state index contributed by atoms with van der Waals surface area (Å²) in [7, 11) is 0. The molecule has 0 amide bonds. The van der Waals surface area contributed by atoms with Crippen LogP contribution >= 0.6 is 15.9 Å². The number of aromatic nitrogens is 4. The second-order valence-electron chi connectivity index (χ2n) is 1.74. The lowest BCUT2D eigenvalue weighted by molar-refractivity contribution is 0.859. The van der Waals surface area contributed by atoms with Crippen LogP contribution in [-0.4, -0.2) is 19.6 Å². The van der Waals surface area contributed by atoms with E-state index in [0.29, 0.717) is 4.73 Å². The van der Waals surface area contributed by atoms with Crippen molar-refractivity contribution in [3.05, 3.63) is 23.3 Å². The molecule has 0 bridgehead atoms. The molecule has 0 aromatic carbocycles. The highest BCUT2D eigenvalue weighted by Gasteiger charge is 1.96. The molecule has 0 fully saturated rings. The lowest BCUT2D eigenvalue weighted by Crippen LogP contribution is -1.93. The molecule has 0 spiro atoms. The van der Waals surface area contributed by atoms with Crippen molar-refractivity contribution < 1.29 is 0 Å². The van der Waals surface area contributed by atoms with E-state index < -0.39 is 0 Å². The van der Waals surface area contributed by atoms with E-state index in [1.807, 2.05) is 6.07 Å². The number of hydrogen-bond acceptors (Lipinski definition) is 3. The SMILES string of the molecule is Brc1ncnc2ccnn12. The van der Waals surface area contributed by atoms with Crippen LogP contribution in [0.4, 0.5) is 0 Å². The maximum absolute atomic E-state index is 3.96. The minimum atomic E-state index is 0.669. The molecule has 0 aliphatic rings. The van der Waals surface area contributed by atoms with Crippen molar-refractivity contribution in [2.24, 2.45) is 0 Å². The zero-order valence-electron chi connectivity index (χ0n) is 4.90. The van der Waals surface area contributed by atoms with Crippen LogP contribution < -0.4 is 0 Å². The molecule has 0 N–H and O–H groups in total. The molecule has 0 aliphatic carbocycles. The molecule has 0 unspecified atom stereocenters. The van der Waals surface area contributed by atoms with E-state index in [-0.39, 0.29) is 0 Å². The summed E-state index contributed by atoms with van der Waals surface area (Å²) in [6, 6.07) is 1.81. The van der Waals surface area contributed by atoms with Gasteiger partial charge >= 0.3 is 0 Å². The van der Waals surface area contributed by atoms with Gasteiger partial charge in [-0.3, -0.25) is 0 Å². The summed E-state index contributed by atoms with van der Waals surface area (Å²) in [5.41, 5.74) is 0.793. The summed E-state index contributed by atoms with van der Waals surface area (Å²) in [5, 5.41) is 3.96. The largest absolute Gasteiger partial charge is 0.217 e. The highest BCUT2D eigenvalue weighted by Crippen LogP contribution is 2.04. The van der Waals surface area contributed by atoms with Gasteiger partial charge in [0.15, 0.2) is 5.65 Å². The molecular weight excluding hydrogens is 196 g/mol. The van der Waals surface area contributed by atoms with E-state index in [2.05, 4.69) is 31.0 Å². The molecule has 2 rings (SSSR count). The first kappa shape index (κ1) is 5.79. The van der Waals surface area contributed by atoms with E-state index in [4.69, 9.17) is 0 Å². The van der Waals surface area contributed by atoms with Crippen LogP contribution in [0.3, 0.4) is 0 Å². The van der Waals surface area contributed by atoms with Crippen molar-refractivity contribution in [1.29, 1.82) is 0 Å². The van der Waals surface area contributed by atoms with E-state index in [1.54, 1.807) is 10.7 Å². The van der Waals surface area contributed by atoms with Gasteiger partial charge < -0.3 is 0 Å². The molecule has 2 heterocycles. The lowest BCUT2D eigenvalue weighted by Gasteiger charge is -1.91. The molecule has 0 aliphatic heterocycles. The van der Waals surface area contributed by atoms with E-state index in [0.717, 1.165) is 5.65 Å². The first-order valence-corrected chi connectivity index (χ1v) is 3.47. The first-order chi connectivity index (χ1) is 4.88. The summed E-state index contributed by atoms with van der Waals surface area (Å²) >= 11 is 3.23. The highest BCUT2D eigenvalue weighted by molar-refractivity contribution is 9.10. The van der Waals surface area contributed by atoms with Crippen molar-refractivity contribution in [2.75, 3.05) is 0 Å². The van der Waals surface area contributed by atoms with Gasteiger partial charge in [-0.1, -0.05) is 0 Å². The van der Waals surface area contributed by atoms with Crippen LogP contribution in [0.2, 0.25) is 0 Å². The van der Waals surface area contributed by atoms with E-state index in [9.17, 15) is 0 Å². The average molecular weight is 199 g/mol. The Kier molecular flexibility index (Phi) is 1.17. The molecule has 0 saturated heterocycles. The smallest absolute Gasteiger partial charge is 0.201 e. The van der Waals surface area contributed by atoms with Crippen molar-refractivity contribution in [3.63, 3.8) is 0 Å². The van der Waals surface area contributed by atoms with Gasteiger partial charge in [-0.15, -0.1) is 0 Å². The zero-order chi connectivity index (χ0) is 6.97. The van der Waals surface area contributed by atoms with E-state index in [1.165, 1.54) is 6.33 Å². The van der Waals surface area contributed by atoms with Crippen molar-refractivity contribution in [2.45, 2.75) is 0 Å². The Balaban J connectivity index is 2.95. The second kappa shape index (κ2) is 2.02. The van der Waals surface area contributed by atoms with E-state index >= 15 is 0 Å². The molecule has 5 heteroatoms. The normalized spacial score (nSPS) is 10.5. The minimum Gasteiger partial charge on any atom is -0.217 e. The molecule has 0 radical (unpaired) electrons. The predicted octanol–water partition coefficient (Wildman–Crippen LogP) is 0.887. The molecule has 2 aromatic heterocycles. The standard InChI is InChI=1S/C5H3BrN4/c6-5-8-3-7-4-1-2-9-10(4)5/h1-3H. The van der Waals surface area contributed by atoms with Gasteiger partial charge in [-0.05, 0) is 15.9 Å². The van der Waals surface area contributed by atoms with Crippen LogP contribution in [0.5, 0.6) is 0 Å². The third kappa shape index (κ3) is 0.706. The van der Waals surface area contributed by atoms with Crippen molar-refractivity contribution >= 4 is 21.6 Å². The second-order valence-corrected chi connectivity index (χ2v) is 2.45. The van der Waals surface area contributed by atoms with Gasteiger partial charge in [0.25, 0.3) is 0 Å². The Morgan fingerprint density at radius 2 is 2.30 bits per heavy atom. The minimum absolute atomic E-state index is 0.669. The molecule has 50 valence electrons. The van der Waals surface area contributed by atoms with Crippen molar-refractivity contribution in [3.8, 4) is 0 Å². The summed E-state index contributed by atoms with van der Waals surface area (Å²) in [6.07, 6.45) is 3.16. The third-order valence-electron chi connectivity index (χ3n) is 1.15. The summed E-state index contributed by atoms with van der Waals surface area (Å²) in [6.45, 7) is 0. The van der Waals surface area contributed by atoms with Gasteiger partial charge in [0, 0.05) is 6.07 Å². The Hall–Kier alpha value is -0.970. The van der Waals surface area contributed by atoms with Crippen LogP contribution in [-0.2, 0) is 0 Å². The number of fused-ring (bicyclic) bond motifs is 1. The molecular formula is C5H3BrN4. The fourth-order valence-corrected chi connectivity index (χ4v) is 1.09. The first-order valence-electron chi connectivity index (χ1n) is 2.68. The lowest BCUT2D eigenvalue weighted by atomic mass is 10.7. The van der Waals surface area contributed by atoms with Crippen molar-refractivity contribution in [1.82, 2.24) is 19.6 Å². The molecule has 4 nitrogen and oxygen atoms in total. The van der Waals surface area contributed by atoms with Gasteiger partial charge in [0.05, 0.1) is 6.20 Å². The Morgan fingerprint density at radius 1 is 1.40 bits per heavy atom. The topological polar surface area (TPSA) is 43.1 Å². The Bertz CT molecular complexity index is 355.